The molecule has 1 heterocycles. The number of nitrogens with two attached hydrogens (primary N) is 1. The highest BCUT2D eigenvalue weighted by Crippen LogP contribution is 2.03. The van der Waals surface area contributed by atoms with E-state index in [4.69, 9.17) is 5.73 Å². The van der Waals surface area contributed by atoms with Crippen LogP contribution in [0.15, 0.2) is 30.6 Å². The minimum atomic E-state index is -0.122. The fraction of sp³-hybridized carbons (Fsp3) is 0.214. The zero-order chi connectivity index (χ0) is 14.2. The van der Waals surface area contributed by atoms with E-state index in [1.165, 1.54) is 6.33 Å². The van der Waals surface area contributed by atoms with Crippen molar-refractivity contribution in [1.29, 1.82) is 0 Å². The summed E-state index contributed by atoms with van der Waals surface area (Å²) in [4.78, 5) is 15.9. The summed E-state index contributed by atoms with van der Waals surface area (Å²) in [5.74, 6) is 6.30. The van der Waals surface area contributed by atoms with Crippen molar-refractivity contribution >= 4 is 5.91 Å². The third kappa shape index (κ3) is 3.93. The molecule has 0 unspecified atom stereocenters. The van der Waals surface area contributed by atoms with Crippen molar-refractivity contribution in [2.24, 2.45) is 5.73 Å². The lowest BCUT2D eigenvalue weighted by molar-refractivity contribution is 0.0954. The molecular weight excluding hydrogens is 254 g/mol. The maximum atomic E-state index is 11.9. The van der Waals surface area contributed by atoms with Crippen LogP contribution in [-0.2, 0) is 6.42 Å². The lowest BCUT2D eigenvalue weighted by Gasteiger charge is -2.04. The van der Waals surface area contributed by atoms with Crippen molar-refractivity contribution in [1.82, 2.24) is 20.5 Å². The van der Waals surface area contributed by atoms with Gasteiger partial charge in [0.05, 0.1) is 6.54 Å². The highest BCUT2D eigenvalue weighted by Gasteiger charge is 2.04. The van der Waals surface area contributed by atoms with Crippen molar-refractivity contribution in [3.63, 3.8) is 0 Å². The van der Waals surface area contributed by atoms with E-state index in [0.717, 1.165) is 11.4 Å². The van der Waals surface area contributed by atoms with Crippen molar-refractivity contribution < 1.29 is 4.79 Å². The van der Waals surface area contributed by atoms with E-state index in [-0.39, 0.29) is 5.91 Å². The molecule has 0 spiro atoms. The van der Waals surface area contributed by atoms with Gasteiger partial charge in [0.15, 0.2) is 0 Å². The fourth-order valence-electron chi connectivity index (χ4n) is 1.61. The monoisotopic (exact) mass is 269 g/mol. The fourth-order valence-corrected chi connectivity index (χ4v) is 1.61. The van der Waals surface area contributed by atoms with Gasteiger partial charge in [0.1, 0.15) is 12.2 Å². The van der Waals surface area contributed by atoms with Crippen LogP contribution in [0.3, 0.4) is 0 Å². The van der Waals surface area contributed by atoms with Crippen molar-refractivity contribution in [3.8, 4) is 11.8 Å². The minimum absolute atomic E-state index is 0.122. The Hall–Kier alpha value is -2.65. The van der Waals surface area contributed by atoms with Gasteiger partial charge in [-0.2, -0.15) is 5.10 Å². The second-order valence-corrected chi connectivity index (χ2v) is 4.02. The zero-order valence-electron chi connectivity index (χ0n) is 10.9. The quantitative estimate of drug-likeness (QED) is 0.685. The van der Waals surface area contributed by atoms with Crippen molar-refractivity contribution in [3.05, 3.63) is 47.5 Å². The summed E-state index contributed by atoms with van der Waals surface area (Å²) >= 11 is 0. The van der Waals surface area contributed by atoms with Gasteiger partial charge >= 0.3 is 0 Å². The normalized spacial score (nSPS) is 9.65. The molecule has 0 saturated carbocycles. The molecule has 0 aliphatic heterocycles. The van der Waals surface area contributed by atoms with Crippen LogP contribution in [0.5, 0.6) is 0 Å². The SMILES string of the molecule is NCC#Cc1ccc(C(=O)NCCc2ncn[nH]2)cc1. The molecule has 6 nitrogen and oxygen atoms in total. The van der Waals surface area contributed by atoms with Gasteiger partial charge in [0.25, 0.3) is 5.91 Å². The first-order valence-corrected chi connectivity index (χ1v) is 6.21. The first kappa shape index (κ1) is 13.8. The molecule has 0 aliphatic carbocycles. The van der Waals surface area contributed by atoms with E-state index in [2.05, 4.69) is 32.3 Å². The van der Waals surface area contributed by atoms with Gasteiger partial charge in [-0.05, 0) is 24.3 Å². The van der Waals surface area contributed by atoms with Gasteiger partial charge in [0.2, 0.25) is 0 Å². The minimum Gasteiger partial charge on any atom is -0.352 e. The van der Waals surface area contributed by atoms with Crippen molar-refractivity contribution in [2.75, 3.05) is 13.1 Å². The molecule has 6 heteroatoms. The lowest BCUT2D eigenvalue weighted by atomic mass is 10.1. The second kappa shape index (κ2) is 7.07. The largest absolute Gasteiger partial charge is 0.352 e. The van der Waals surface area contributed by atoms with E-state index in [1.54, 1.807) is 24.3 Å². The maximum Gasteiger partial charge on any atom is 0.251 e. The number of rotatable bonds is 4. The molecule has 0 fully saturated rings. The summed E-state index contributed by atoms with van der Waals surface area (Å²) < 4.78 is 0. The summed E-state index contributed by atoms with van der Waals surface area (Å²) in [7, 11) is 0. The Bertz CT molecular complexity index is 607. The summed E-state index contributed by atoms with van der Waals surface area (Å²) in [6.45, 7) is 0.826. The Morgan fingerprint density at radius 2 is 2.15 bits per heavy atom. The van der Waals surface area contributed by atoms with Gasteiger partial charge in [0, 0.05) is 24.1 Å². The first-order valence-electron chi connectivity index (χ1n) is 6.21. The number of amides is 1. The molecule has 1 aromatic carbocycles. The van der Waals surface area contributed by atoms with Gasteiger partial charge < -0.3 is 11.1 Å². The summed E-state index contributed by atoms with van der Waals surface area (Å²) in [6, 6.07) is 7.08. The number of hydrogen-bond donors (Lipinski definition) is 3. The molecule has 0 radical (unpaired) electrons. The van der Waals surface area contributed by atoms with Crippen LogP contribution in [-0.4, -0.2) is 34.2 Å². The molecule has 2 rings (SSSR count). The average molecular weight is 269 g/mol. The smallest absolute Gasteiger partial charge is 0.251 e. The summed E-state index contributed by atoms with van der Waals surface area (Å²) in [5.41, 5.74) is 6.74. The number of aromatic nitrogens is 3. The molecule has 0 aliphatic rings. The maximum absolute atomic E-state index is 11.9. The number of aromatic amines is 1. The number of hydrogen-bond acceptors (Lipinski definition) is 4. The third-order valence-electron chi connectivity index (χ3n) is 2.59. The second-order valence-electron chi connectivity index (χ2n) is 4.02. The van der Waals surface area contributed by atoms with Gasteiger partial charge in [-0.1, -0.05) is 11.8 Å². The molecule has 0 saturated heterocycles. The first-order chi connectivity index (χ1) is 9.79. The van der Waals surface area contributed by atoms with E-state index in [0.29, 0.717) is 25.1 Å². The van der Waals surface area contributed by atoms with Crippen LogP contribution in [0.4, 0.5) is 0 Å². The van der Waals surface area contributed by atoms with E-state index in [1.807, 2.05) is 0 Å². The van der Waals surface area contributed by atoms with Crippen LogP contribution in [0.2, 0.25) is 0 Å². The number of carbonyl (C=O) groups is 1. The molecule has 0 atom stereocenters. The van der Waals surface area contributed by atoms with Crippen molar-refractivity contribution in [2.45, 2.75) is 6.42 Å². The van der Waals surface area contributed by atoms with E-state index in [9.17, 15) is 4.79 Å². The van der Waals surface area contributed by atoms with Crippen LogP contribution in [0.1, 0.15) is 21.7 Å². The predicted octanol–water partition coefficient (Wildman–Crippen LogP) is 0.0874. The van der Waals surface area contributed by atoms with Crippen LogP contribution in [0.25, 0.3) is 0 Å². The number of carbonyl (C=O) groups excluding carboxylic acids is 1. The molecule has 20 heavy (non-hydrogen) atoms. The highest BCUT2D eigenvalue weighted by atomic mass is 16.1. The topological polar surface area (TPSA) is 96.7 Å². The molecule has 4 N–H and O–H groups in total. The Labute approximate surface area is 116 Å². The Kier molecular flexibility index (Phi) is 4.87. The molecule has 0 bridgehead atoms. The highest BCUT2D eigenvalue weighted by molar-refractivity contribution is 5.94. The lowest BCUT2D eigenvalue weighted by Crippen LogP contribution is -2.25. The number of benzene rings is 1. The van der Waals surface area contributed by atoms with E-state index < -0.39 is 0 Å². The molecule has 1 amide bonds. The van der Waals surface area contributed by atoms with Crippen LogP contribution >= 0.6 is 0 Å². The Morgan fingerprint density at radius 1 is 1.35 bits per heavy atom. The van der Waals surface area contributed by atoms with E-state index >= 15 is 0 Å². The molecule has 102 valence electrons. The number of H-pyrrole nitrogens is 1. The van der Waals surface area contributed by atoms with Gasteiger partial charge in [-0.3, -0.25) is 9.89 Å². The molecular formula is C14H15N5O. The zero-order valence-corrected chi connectivity index (χ0v) is 10.9. The Morgan fingerprint density at radius 3 is 2.80 bits per heavy atom. The number of nitrogens with one attached hydrogen (secondary N) is 2. The van der Waals surface area contributed by atoms with Crippen LogP contribution in [0, 0.1) is 11.8 Å². The van der Waals surface area contributed by atoms with Gasteiger partial charge in [-0.25, -0.2) is 4.98 Å². The van der Waals surface area contributed by atoms with Gasteiger partial charge in [-0.15, -0.1) is 0 Å². The summed E-state index contributed by atoms with van der Waals surface area (Å²) in [6.07, 6.45) is 2.06. The molecule has 1 aromatic heterocycles. The summed E-state index contributed by atoms with van der Waals surface area (Å²) in [5, 5.41) is 9.30. The third-order valence-corrected chi connectivity index (χ3v) is 2.59. The van der Waals surface area contributed by atoms with Crippen LogP contribution < -0.4 is 11.1 Å². The Balaban J connectivity index is 1.85. The standard InChI is InChI=1S/C14H15N5O/c15-8-1-2-11-3-5-12(6-4-11)14(20)16-9-7-13-17-10-18-19-13/h3-6,10H,7-9,15H2,(H,16,20)(H,17,18,19). The predicted molar refractivity (Wildman–Crippen MR) is 74.8 cm³/mol. The molecule has 2 aromatic rings. The number of nitrogens with zero attached hydrogens (tertiary/aromatic N) is 2. The average Bonchev–Trinajstić information content (AvgIpc) is 2.99.